The highest BCUT2D eigenvalue weighted by Gasteiger charge is 2.38. The molecule has 3 aliphatic rings. The van der Waals surface area contributed by atoms with Crippen molar-refractivity contribution in [2.75, 3.05) is 25.1 Å². The lowest BCUT2D eigenvalue weighted by molar-refractivity contribution is -0.135. The number of H-pyrrole nitrogens is 2. The quantitative estimate of drug-likeness (QED) is 0.113. The van der Waals surface area contributed by atoms with E-state index in [9.17, 15) is 14.4 Å². The third kappa shape index (κ3) is 9.33. The third-order valence-corrected chi connectivity index (χ3v) is 13.5. The van der Waals surface area contributed by atoms with E-state index in [1.54, 1.807) is 0 Å². The van der Waals surface area contributed by atoms with Crippen LogP contribution < -0.4 is 10.2 Å². The fraction of sp³-hybridized carbons (Fsp3) is 0.462. The summed E-state index contributed by atoms with van der Waals surface area (Å²) in [6.07, 6.45) is 6.82. The first-order valence-electron chi connectivity index (χ1n) is 23.2. The highest BCUT2D eigenvalue weighted by Crippen LogP contribution is 2.48. The third-order valence-electron chi connectivity index (χ3n) is 13.5. The lowest BCUT2D eigenvalue weighted by Gasteiger charge is -2.34. The highest BCUT2D eigenvalue weighted by atomic mass is 16.5. The van der Waals surface area contributed by atoms with Crippen LogP contribution in [0.15, 0.2) is 84.9 Å². The molecule has 3 fully saturated rings. The van der Waals surface area contributed by atoms with Crippen molar-refractivity contribution in [2.24, 2.45) is 11.8 Å². The second-order valence-corrected chi connectivity index (χ2v) is 19.6. The Morgan fingerprint density at radius 1 is 0.703 bits per heavy atom. The summed E-state index contributed by atoms with van der Waals surface area (Å²) in [5.74, 6) is 0.103. The number of hydrogen-bond acceptors (Lipinski definition) is 7. The number of hydrogen-bond donors (Lipinski definition) is 3. The number of methoxy groups -OCH3 is 1. The van der Waals surface area contributed by atoms with E-state index in [4.69, 9.17) is 14.9 Å². The number of aromatic amines is 2. The van der Waals surface area contributed by atoms with Crippen molar-refractivity contribution in [3.63, 3.8) is 0 Å². The van der Waals surface area contributed by atoms with Crippen molar-refractivity contribution < 1.29 is 19.1 Å². The number of benzene rings is 3. The highest BCUT2D eigenvalue weighted by molar-refractivity contribution is 5.87. The van der Waals surface area contributed by atoms with E-state index in [1.807, 2.05) is 43.9 Å². The number of carbonyl (C=O) groups excluding carboxylic acids is 3. The Morgan fingerprint density at radius 3 is 1.67 bits per heavy atom. The predicted octanol–water partition coefficient (Wildman–Crippen LogP) is 10.4. The van der Waals surface area contributed by atoms with Crippen molar-refractivity contribution in [3.05, 3.63) is 119 Å². The van der Waals surface area contributed by atoms with Crippen LogP contribution in [0.1, 0.15) is 139 Å². The van der Waals surface area contributed by atoms with Gasteiger partial charge in [0, 0.05) is 29.9 Å². The molecule has 8 rings (SSSR count). The Balaban J connectivity index is 1.01. The van der Waals surface area contributed by atoms with Gasteiger partial charge in [-0.3, -0.25) is 19.8 Å². The van der Waals surface area contributed by atoms with E-state index in [2.05, 4.69) is 126 Å². The maximum Gasteiger partial charge on any atom is 0.407 e. The van der Waals surface area contributed by atoms with Crippen molar-refractivity contribution in [1.29, 1.82) is 0 Å². The second-order valence-electron chi connectivity index (χ2n) is 19.6. The zero-order chi connectivity index (χ0) is 45.3. The van der Waals surface area contributed by atoms with Gasteiger partial charge in [-0.05, 0) is 96.7 Å². The molecule has 0 bridgehead atoms. The Kier molecular flexibility index (Phi) is 13.0. The summed E-state index contributed by atoms with van der Waals surface area (Å²) in [6, 6.07) is 30.5. The molecule has 12 heteroatoms. The van der Waals surface area contributed by atoms with Crippen LogP contribution in [-0.4, -0.2) is 74.3 Å². The van der Waals surface area contributed by atoms with Crippen molar-refractivity contribution in [1.82, 2.24) is 35.5 Å². The first-order valence-corrected chi connectivity index (χ1v) is 23.2. The summed E-state index contributed by atoms with van der Waals surface area (Å²) in [5.41, 5.74) is 10.7. The zero-order valence-corrected chi connectivity index (χ0v) is 38.7. The summed E-state index contributed by atoms with van der Waals surface area (Å²) in [4.78, 5) is 45.2. The number of rotatable bonds is 12. The molecule has 12 nitrogen and oxygen atoms in total. The van der Waals surface area contributed by atoms with Crippen LogP contribution in [-0.2, 0) is 19.7 Å². The number of likely N-dealkylation sites (tertiary alicyclic amines) is 2. The number of nitrogens with one attached hydrogen (secondary N) is 3. The first-order chi connectivity index (χ1) is 30.7. The molecule has 3 aliphatic heterocycles. The Morgan fingerprint density at radius 2 is 1.20 bits per heavy atom. The van der Waals surface area contributed by atoms with E-state index in [0.717, 1.165) is 79.0 Å². The van der Waals surface area contributed by atoms with Crippen LogP contribution >= 0.6 is 0 Å². The minimum absolute atomic E-state index is 0.0181. The molecule has 0 aliphatic carbocycles. The van der Waals surface area contributed by atoms with Gasteiger partial charge in [0.15, 0.2) is 0 Å². The summed E-state index contributed by atoms with van der Waals surface area (Å²) in [7, 11) is 1.31. The lowest BCUT2D eigenvalue weighted by Crippen LogP contribution is -2.51. The fourth-order valence-electron chi connectivity index (χ4n) is 9.99. The largest absolute Gasteiger partial charge is 0.453 e. The maximum absolute atomic E-state index is 13.7. The molecule has 0 saturated carbocycles. The van der Waals surface area contributed by atoms with Crippen molar-refractivity contribution in [3.8, 4) is 22.5 Å². The molecule has 0 unspecified atom stereocenters. The summed E-state index contributed by atoms with van der Waals surface area (Å²) in [5, 5.41) is 18.7. The van der Waals surface area contributed by atoms with Gasteiger partial charge in [-0.1, -0.05) is 109 Å². The number of amides is 3. The standard InChI is InChI=1S/C52H65N8O4/c1-32(2)29-48(61)58-27-9-11-46(58)42-30-40(54-56-42)34-13-17-36(18-14-34)44-25-26-45(60(44)39-23-21-38(22-24-39)52(5,6)7)37-19-15-35(16-20-37)41-31-43(57-55-41)47-12-10-28-59(47)50(62)49(33(3)4)53-51(63)64-8/h13-24,29-33,44-47,49H,9-12,25-28H2,1-8H3,(H,53,63)(H,54,56)(H,55,57)/t44-,45+,46+,47+,49+/m1/s1. The molecule has 3 amide bonds. The Hall–Kier alpha value is -5.91. The SMILES string of the molecule is COC(=O)N[C@H](C(=O)N1CCC[C@H]1c1cc(-c2ccc([C@@H]3CC[C@H](c4ccc(-c5cc([C@@H]6CCCN6C(=O)[CH]C(C)C)[nH]n5)cc4)N3c3ccc(C(C)(C)C)cc3)cc2)n[nH]1)C(C)C. The van der Waals surface area contributed by atoms with Crippen molar-refractivity contribution >= 4 is 23.6 Å². The number of anilines is 1. The van der Waals surface area contributed by atoms with Crippen molar-refractivity contribution in [2.45, 2.75) is 123 Å². The summed E-state index contributed by atoms with van der Waals surface area (Å²) < 4.78 is 4.81. The maximum atomic E-state index is 13.7. The number of alkyl carbamates (subject to hydrolysis) is 1. The van der Waals surface area contributed by atoms with Crippen LogP contribution in [0.5, 0.6) is 0 Å². The Labute approximate surface area is 378 Å². The number of aromatic nitrogens is 4. The van der Waals surface area contributed by atoms with Gasteiger partial charge in [-0.25, -0.2) is 4.79 Å². The van der Waals surface area contributed by atoms with E-state index in [1.165, 1.54) is 29.5 Å². The summed E-state index contributed by atoms with van der Waals surface area (Å²) >= 11 is 0. The molecule has 0 spiro atoms. The van der Waals surface area contributed by atoms with Gasteiger partial charge in [0.25, 0.3) is 0 Å². The molecule has 64 heavy (non-hydrogen) atoms. The zero-order valence-electron chi connectivity index (χ0n) is 38.7. The average Bonchev–Trinajstić information content (AvgIpc) is 4.14. The van der Waals surface area contributed by atoms with Gasteiger partial charge in [-0.2, -0.15) is 10.2 Å². The molecule has 3 aromatic carbocycles. The smallest absolute Gasteiger partial charge is 0.407 e. The van der Waals surface area contributed by atoms with Gasteiger partial charge in [0.1, 0.15) is 6.04 Å². The normalized spacial score (nSPS) is 20.7. The number of carbonyl (C=O) groups is 3. The molecular weight excluding hydrogens is 801 g/mol. The monoisotopic (exact) mass is 866 g/mol. The van der Waals surface area contributed by atoms with Gasteiger partial charge < -0.3 is 24.8 Å². The van der Waals surface area contributed by atoms with Crippen LogP contribution in [0.4, 0.5) is 10.5 Å². The fourth-order valence-corrected chi connectivity index (χ4v) is 9.99. The van der Waals surface area contributed by atoms with E-state index in [-0.39, 0.29) is 53.2 Å². The molecule has 2 aromatic heterocycles. The van der Waals surface area contributed by atoms with Gasteiger partial charge in [0.2, 0.25) is 11.8 Å². The van der Waals surface area contributed by atoms with E-state index < -0.39 is 12.1 Å². The molecule has 5 atom stereocenters. The molecule has 5 heterocycles. The minimum atomic E-state index is -0.676. The van der Waals surface area contributed by atoms with Crippen LogP contribution in [0.2, 0.25) is 0 Å². The Bertz CT molecular complexity index is 2390. The van der Waals surface area contributed by atoms with Crippen LogP contribution in [0.25, 0.3) is 22.5 Å². The molecule has 1 radical (unpaired) electrons. The first kappa shape index (κ1) is 44.7. The topological polar surface area (TPSA) is 140 Å². The summed E-state index contributed by atoms with van der Waals surface area (Å²) in [6.45, 7) is 16.1. The molecule has 3 saturated heterocycles. The van der Waals surface area contributed by atoms with Gasteiger partial charge in [-0.15, -0.1) is 0 Å². The number of nitrogens with zero attached hydrogens (tertiary/aromatic N) is 5. The van der Waals surface area contributed by atoms with E-state index >= 15 is 0 Å². The molecule has 337 valence electrons. The predicted molar refractivity (Wildman–Crippen MR) is 251 cm³/mol. The average molecular weight is 866 g/mol. The van der Waals surface area contributed by atoms with E-state index in [0.29, 0.717) is 6.54 Å². The second kappa shape index (κ2) is 18.7. The molecule has 3 N–H and O–H groups in total. The molecule has 5 aromatic rings. The minimum Gasteiger partial charge on any atom is -0.453 e. The van der Waals surface area contributed by atoms with Crippen LogP contribution in [0.3, 0.4) is 0 Å². The number of ether oxygens (including phenoxy) is 1. The molecular formula is C52H65N8O4. The van der Waals surface area contributed by atoms with Crippen LogP contribution in [0, 0.1) is 18.3 Å². The van der Waals surface area contributed by atoms with Gasteiger partial charge >= 0.3 is 6.09 Å². The van der Waals surface area contributed by atoms with Gasteiger partial charge in [0.05, 0.1) is 60.5 Å². The lowest BCUT2D eigenvalue weighted by atomic mass is 9.87.